The van der Waals surface area contributed by atoms with Crippen LogP contribution < -0.4 is 30.0 Å². The van der Waals surface area contributed by atoms with Gasteiger partial charge in [-0.05, 0) is 70.3 Å². The van der Waals surface area contributed by atoms with Crippen LogP contribution in [0.4, 0.5) is 0 Å². The number of nitrogens with one attached hydrogen (secondary N) is 2. The molecule has 0 saturated carbocycles. The molecule has 0 unspecified atom stereocenters. The average Bonchev–Trinajstić information content (AvgIpc) is 3.81. The molecule has 13 nitrogen and oxygen atoms in total. The van der Waals surface area contributed by atoms with Crippen LogP contribution in [0, 0.1) is 13.8 Å². The Hall–Kier alpha value is -4.47. The van der Waals surface area contributed by atoms with Crippen molar-refractivity contribution in [2.75, 3.05) is 52.9 Å². The number of phenolic OH excluding ortho intramolecular Hbond substituents is 1. The Morgan fingerprint density at radius 2 is 1.89 bits per heavy atom. The van der Waals surface area contributed by atoms with Crippen LogP contribution >= 0.6 is 11.8 Å². The summed E-state index contributed by atoms with van der Waals surface area (Å²) in [7, 11) is 3.66. The minimum Gasteiger partial charge on any atom is -0.504 e. The molecule has 7 heterocycles. The Balaban J connectivity index is 1.23. The summed E-state index contributed by atoms with van der Waals surface area (Å²) < 4.78 is 30.8. The lowest BCUT2D eigenvalue weighted by Crippen LogP contribution is -2.63. The number of ether oxygens (including phenoxy) is 5. The zero-order valence-electron chi connectivity index (χ0n) is 33.5. The molecule has 2 bridgehead atoms. The number of phenols is 1. The van der Waals surface area contributed by atoms with Crippen molar-refractivity contribution in [3.8, 4) is 28.7 Å². The quantitative estimate of drug-likeness (QED) is 0.158. The van der Waals surface area contributed by atoms with E-state index in [4.69, 9.17) is 29.4 Å². The van der Waals surface area contributed by atoms with Crippen molar-refractivity contribution in [3.05, 3.63) is 75.0 Å². The second kappa shape index (κ2) is 13.8. The highest BCUT2D eigenvalue weighted by molar-refractivity contribution is 7.99. The first-order chi connectivity index (χ1) is 27.3. The van der Waals surface area contributed by atoms with E-state index in [9.17, 15) is 9.90 Å². The highest BCUT2D eigenvalue weighted by Crippen LogP contribution is 2.59. The number of hydrogen-bond acceptors (Lipinski definition) is 13. The number of H-pyrrole nitrogens is 1. The van der Waals surface area contributed by atoms with Gasteiger partial charge >= 0.3 is 11.9 Å². The summed E-state index contributed by atoms with van der Waals surface area (Å²) in [5.41, 5.74) is 12.5. The van der Waals surface area contributed by atoms with Crippen LogP contribution in [0.2, 0.25) is 0 Å². The number of methoxy groups -OCH3 is 1. The number of esters is 2. The lowest BCUT2D eigenvalue weighted by atomic mass is 9.81. The van der Waals surface area contributed by atoms with Crippen molar-refractivity contribution in [3.63, 3.8) is 0 Å². The Kier molecular flexibility index (Phi) is 9.24. The fourth-order valence-electron chi connectivity index (χ4n) is 10.5. The number of aromatic nitrogens is 1. The number of carbonyl (C=O) groups is 2. The van der Waals surface area contributed by atoms with Gasteiger partial charge in [0.1, 0.15) is 12.4 Å². The maximum absolute atomic E-state index is 15.1. The number of aromatic hydroxyl groups is 1. The van der Waals surface area contributed by atoms with Gasteiger partial charge in [0.15, 0.2) is 28.5 Å². The summed E-state index contributed by atoms with van der Waals surface area (Å²) in [4.78, 5) is 36.3. The number of rotatable bonds is 4. The van der Waals surface area contributed by atoms with Gasteiger partial charge < -0.3 is 39.5 Å². The predicted octanol–water partition coefficient (Wildman–Crippen LogP) is 5.22. The molecule has 1 saturated heterocycles. The number of aromatic amines is 1. The minimum atomic E-state index is -1.23. The largest absolute Gasteiger partial charge is 0.504 e. The van der Waals surface area contributed by atoms with Crippen molar-refractivity contribution < 1.29 is 38.4 Å². The number of thioether (sulfide) groups is 1. The molecule has 3 aromatic carbocycles. The Morgan fingerprint density at radius 3 is 2.65 bits per heavy atom. The number of nitrogens with two attached hydrogens (primary N) is 1. The summed E-state index contributed by atoms with van der Waals surface area (Å²) in [5, 5.41) is 16.1. The lowest BCUT2D eigenvalue weighted by molar-refractivity contribution is -0.155. The van der Waals surface area contributed by atoms with Crippen molar-refractivity contribution in [2.24, 2.45) is 5.73 Å². The molecular formula is C43H51N5O8S. The number of para-hydroxylation sites is 1. The molecule has 57 heavy (non-hydrogen) atoms. The molecule has 6 aliphatic heterocycles. The van der Waals surface area contributed by atoms with Crippen molar-refractivity contribution in [1.82, 2.24) is 20.1 Å². The number of nitrogens with zero attached hydrogens (tertiary/aromatic N) is 2. The molecule has 6 atom stereocenters. The molecule has 1 fully saturated rings. The third-order valence-electron chi connectivity index (χ3n) is 13.1. The zero-order chi connectivity index (χ0) is 40.1. The van der Waals surface area contributed by atoms with Crippen LogP contribution in [0.25, 0.3) is 10.9 Å². The van der Waals surface area contributed by atoms with Gasteiger partial charge in [-0.2, -0.15) is 0 Å². The van der Waals surface area contributed by atoms with E-state index in [1.165, 1.54) is 6.92 Å². The molecule has 4 aromatic rings. The molecule has 0 aliphatic carbocycles. The summed E-state index contributed by atoms with van der Waals surface area (Å²) >= 11 is 1.64. The number of carbonyl (C=O) groups excluding carboxylic acids is 2. The second-order valence-corrected chi connectivity index (χ2v) is 17.8. The fraction of sp³-hybridized carbons (Fsp3) is 0.488. The Bertz CT molecular complexity index is 2330. The normalized spacial score (nSPS) is 28.4. The van der Waals surface area contributed by atoms with Crippen molar-refractivity contribution in [2.45, 2.75) is 81.9 Å². The van der Waals surface area contributed by atoms with E-state index in [1.807, 2.05) is 32.0 Å². The second-order valence-electron chi connectivity index (χ2n) is 16.6. The summed E-state index contributed by atoms with van der Waals surface area (Å²) in [5.74, 6) is 1.70. The van der Waals surface area contributed by atoms with Crippen molar-refractivity contribution >= 4 is 34.6 Å². The predicted molar refractivity (Wildman–Crippen MR) is 216 cm³/mol. The van der Waals surface area contributed by atoms with Gasteiger partial charge in [-0.1, -0.05) is 24.3 Å². The monoisotopic (exact) mass is 797 g/mol. The van der Waals surface area contributed by atoms with E-state index >= 15 is 4.79 Å². The molecule has 302 valence electrons. The number of aryl methyl sites for hydroxylation is 1. The third kappa shape index (κ3) is 5.73. The molecule has 10 rings (SSSR count). The van der Waals surface area contributed by atoms with E-state index < -0.39 is 23.1 Å². The first-order valence-corrected chi connectivity index (χ1v) is 20.7. The van der Waals surface area contributed by atoms with Crippen LogP contribution in [0.5, 0.6) is 28.7 Å². The topological polar surface area (TPSA) is 161 Å². The van der Waals surface area contributed by atoms with E-state index in [0.29, 0.717) is 66.8 Å². The lowest BCUT2D eigenvalue weighted by Gasteiger charge is -2.52. The van der Waals surface area contributed by atoms with Gasteiger partial charge in [0.05, 0.1) is 18.8 Å². The molecule has 0 radical (unpaired) electrons. The van der Waals surface area contributed by atoms with Crippen LogP contribution in [0.1, 0.15) is 82.7 Å². The minimum absolute atomic E-state index is 0.0114. The van der Waals surface area contributed by atoms with E-state index in [-0.39, 0.29) is 42.5 Å². The van der Waals surface area contributed by atoms with Crippen LogP contribution in [-0.4, -0.2) is 96.4 Å². The average molecular weight is 798 g/mol. The first kappa shape index (κ1) is 38.1. The highest BCUT2D eigenvalue weighted by atomic mass is 32.2. The van der Waals surface area contributed by atoms with Gasteiger partial charge in [0, 0.05) is 88.3 Å². The third-order valence-corrected chi connectivity index (χ3v) is 14.5. The van der Waals surface area contributed by atoms with Gasteiger partial charge in [0.25, 0.3) is 0 Å². The maximum atomic E-state index is 15.1. The van der Waals surface area contributed by atoms with Crippen LogP contribution in [0.3, 0.4) is 0 Å². The zero-order valence-corrected chi connectivity index (χ0v) is 34.4. The Labute approximate surface area is 336 Å². The molecule has 14 heteroatoms. The van der Waals surface area contributed by atoms with Crippen LogP contribution in [-0.2, 0) is 32.7 Å². The first-order valence-electron chi connectivity index (χ1n) is 19.7. The summed E-state index contributed by atoms with van der Waals surface area (Å²) in [6.45, 7) is 11.1. The van der Waals surface area contributed by atoms with Crippen LogP contribution in [0.15, 0.2) is 30.3 Å². The van der Waals surface area contributed by atoms with E-state index in [1.54, 1.807) is 18.9 Å². The highest BCUT2D eigenvalue weighted by Gasteiger charge is 2.55. The molecule has 0 amide bonds. The van der Waals surface area contributed by atoms with Gasteiger partial charge in [-0.3, -0.25) is 19.9 Å². The smallest absolute Gasteiger partial charge is 0.333 e. The number of likely N-dealkylation sites (N-methyl/N-ethyl adjacent to an activating group) is 1. The molecule has 5 N–H and O–H groups in total. The Morgan fingerprint density at radius 1 is 1.12 bits per heavy atom. The number of hydrogen-bond donors (Lipinski definition) is 4. The van der Waals surface area contributed by atoms with Gasteiger partial charge in [-0.25, -0.2) is 4.79 Å². The fourth-order valence-corrected chi connectivity index (χ4v) is 11.9. The summed E-state index contributed by atoms with van der Waals surface area (Å²) in [6.07, 6.45) is 1.26. The van der Waals surface area contributed by atoms with E-state index in [2.05, 4.69) is 53.1 Å². The standard InChI is InChI=1S/C43H51N5O8S/c1-21-12-25-14-42(5,18-47(6)23(3)32(25)35(50)36(21)52-7)48-16-31-34-33(39-38(54-20-55-39)22(2)37(34)56-24(4)49)30(48)17-53-41(51)43(19-57-31)40-28(13-26(15-44)46-43)27-10-8-9-11-29(27)45-40/h8-12,23,26,30-31,45-46,50H,13-20,44H2,1-7H3/t23-,26+,30-,31-,42+,43+/m0/s1. The molecular weight excluding hydrogens is 747 g/mol. The molecule has 1 spiro atoms. The number of fused-ring (bicyclic) bond motifs is 9. The number of benzene rings is 3. The maximum Gasteiger partial charge on any atom is 0.333 e. The SMILES string of the molecule is COc1c(C)cc2c(c1O)[C@H](C)N(C)C[C@](C)(N1C[C@@H]3SC[C@]4(N[C@@H](CN)Cc5c4[nH]c4ccccc54)C(=O)OC[C@H]1c1c4c(c(C)c(OC(C)=O)c13)OCO4)C2. The van der Waals surface area contributed by atoms with E-state index in [0.717, 1.165) is 50.0 Å². The molecule has 1 aromatic heterocycles. The van der Waals surface area contributed by atoms with Crippen molar-refractivity contribution in [1.29, 1.82) is 0 Å². The van der Waals surface area contributed by atoms with Gasteiger partial charge in [-0.15, -0.1) is 11.8 Å². The molecule has 6 aliphatic rings. The summed E-state index contributed by atoms with van der Waals surface area (Å²) in [6, 6.07) is 9.44. The van der Waals surface area contributed by atoms with Gasteiger partial charge in [0.2, 0.25) is 6.79 Å².